The predicted molar refractivity (Wildman–Crippen MR) is 110 cm³/mol. The number of rotatable bonds is 5. The van der Waals surface area contributed by atoms with Gasteiger partial charge in [0.15, 0.2) is 0 Å². The SMILES string of the molecule is Cc1csc(SC2CCC(NC(=O)c3c(C)ccn(C4CC4)c3=O)CC2)n1. The third-order valence-corrected chi connectivity index (χ3v) is 7.80. The quantitative estimate of drug-likeness (QED) is 0.817. The van der Waals surface area contributed by atoms with Gasteiger partial charge in [-0.05, 0) is 64.0 Å². The largest absolute Gasteiger partial charge is 0.349 e. The van der Waals surface area contributed by atoms with Crippen LogP contribution in [0.2, 0.25) is 0 Å². The van der Waals surface area contributed by atoms with E-state index in [1.807, 2.05) is 37.9 Å². The lowest BCUT2D eigenvalue weighted by Gasteiger charge is -2.28. The molecule has 0 atom stereocenters. The number of thioether (sulfide) groups is 1. The average molecular weight is 404 g/mol. The molecule has 2 aromatic rings. The lowest BCUT2D eigenvalue weighted by Crippen LogP contribution is -2.41. The predicted octanol–water partition coefficient (Wildman–Crippen LogP) is 4.09. The van der Waals surface area contributed by atoms with Crippen LogP contribution in [0.4, 0.5) is 0 Å². The minimum absolute atomic E-state index is 0.140. The summed E-state index contributed by atoms with van der Waals surface area (Å²) in [7, 11) is 0. The number of nitrogens with one attached hydrogen (secondary N) is 1. The average Bonchev–Trinajstić information content (AvgIpc) is 3.39. The van der Waals surface area contributed by atoms with Crippen LogP contribution in [0, 0.1) is 13.8 Å². The van der Waals surface area contributed by atoms with Crippen LogP contribution in [-0.4, -0.2) is 26.8 Å². The Balaban J connectivity index is 1.36. The fourth-order valence-electron chi connectivity index (χ4n) is 3.67. The summed E-state index contributed by atoms with van der Waals surface area (Å²) < 4.78 is 2.87. The van der Waals surface area contributed by atoms with E-state index in [0.717, 1.165) is 54.1 Å². The highest BCUT2D eigenvalue weighted by atomic mass is 32.2. The molecule has 1 amide bonds. The first-order valence-electron chi connectivity index (χ1n) is 9.62. The molecule has 0 spiro atoms. The second kappa shape index (κ2) is 7.80. The molecule has 4 rings (SSSR count). The summed E-state index contributed by atoms with van der Waals surface area (Å²) >= 11 is 3.57. The third kappa shape index (κ3) is 4.29. The second-order valence-electron chi connectivity index (χ2n) is 7.64. The van der Waals surface area contributed by atoms with Crippen molar-refractivity contribution in [2.24, 2.45) is 0 Å². The normalized spacial score (nSPS) is 22.6. The maximum atomic E-state index is 12.8. The Bertz CT molecular complexity index is 893. The smallest absolute Gasteiger partial charge is 0.263 e. The molecule has 2 heterocycles. The molecule has 0 aromatic carbocycles. The minimum atomic E-state index is -0.209. The summed E-state index contributed by atoms with van der Waals surface area (Å²) in [5, 5.41) is 5.77. The van der Waals surface area contributed by atoms with Crippen LogP contribution < -0.4 is 10.9 Å². The number of amides is 1. The third-order valence-electron chi connectivity index (χ3n) is 5.37. The van der Waals surface area contributed by atoms with E-state index >= 15 is 0 Å². The number of aryl methyl sites for hydroxylation is 2. The maximum Gasteiger partial charge on any atom is 0.263 e. The fraction of sp³-hybridized carbons (Fsp3) is 0.550. The molecule has 2 aromatic heterocycles. The van der Waals surface area contributed by atoms with Gasteiger partial charge >= 0.3 is 0 Å². The van der Waals surface area contributed by atoms with Gasteiger partial charge in [0, 0.05) is 34.6 Å². The van der Waals surface area contributed by atoms with Gasteiger partial charge in [-0.3, -0.25) is 9.59 Å². The molecule has 2 aliphatic carbocycles. The van der Waals surface area contributed by atoms with Gasteiger partial charge in [0.2, 0.25) is 0 Å². The van der Waals surface area contributed by atoms with Gasteiger partial charge in [-0.25, -0.2) is 4.98 Å². The molecule has 1 N–H and O–H groups in total. The van der Waals surface area contributed by atoms with Crippen LogP contribution in [0.3, 0.4) is 0 Å². The van der Waals surface area contributed by atoms with Gasteiger partial charge in [-0.1, -0.05) is 11.8 Å². The molecule has 0 saturated heterocycles. The topological polar surface area (TPSA) is 64.0 Å². The van der Waals surface area contributed by atoms with Crippen molar-refractivity contribution in [2.75, 3.05) is 0 Å². The molecule has 7 heteroatoms. The minimum Gasteiger partial charge on any atom is -0.349 e. The van der Waals surface area contributed by atoms with Gasteiger partial charge in [0.05, 0.1) is 0 Å². The van der Waals surface area contributed by atoms with Crippen molar-refractivity contribution in [3.05, 3.63) is 44.8 Å². The van der Waals surface area contributed by atoms with Crippen molar-refractivity contribution in [2.45, 2.75) is 74.0 Å². The molecular formula is C20H25N3O2S2. The van der Waals surface area contributed by atoms with E-state index in [0.29, 0.717) is 10.8 Å². The molecule has 5 nitrogen and oxygen atoms in total. The first-order chi connectivity index (χ1) is 13.0. The summed E-state index contributed by atoms with van der Waals surface area (Å²) in [4.78, 5) is 30.0. The number of aromatic nitrogens is 2. The van der Waals surface area contributed by atoms with Crippen molar-refractivity contribution in [1.82, 2.24) is 14.9 Å². The zero-order valence-corrected chi connectivity index (χ0v) is 17.4. The van der Waals surface area contributed by atoms with Gasteiger partial charge in [0.1, 0.15) is 9.90 Å². The first kappa shape index (κ1) is 18.7. The molecule has 27 heavy (non-hydrogen) atoms. The van der Waals surface area contributed by atoms with Gasteiger partial charge in [-0.2, -0.15) is 0 Å². The fourth-order valence-corrected chi connectivity index (χ4v) is 5.95. The van der Waals surface area contributed by atoms with E-state index in [-0.39, 0.29) is 23.6 Å². The maximum absolute atomic E-state index is 12.8. The van der Waals surface area contributed by atoms with Gasteiger partial charge < -0.3 is 9.88 Å². The van der Waals surface area contributed by atoms with Crippen molar-refractivity contribution in [1.29, 1.82) is 0 Å². The Morgan fingerprint density at radius 2 is 1.96 bits per heavy atom. The first-order valence-corrected chi connectivity index (χ1v) is 11.4. The molecule has 0 aliphatic heterocycles. The highest BCUT2D eigenvalue weighted by Gasteiger charge is 2.29. The van der Waals surface area contributed by atoms with Crippen LogP contribution in [-0.2, 0) is 0 Å². The van der Waals surface area contributed by atoms with E-state index in [4.69, 9.17) is 0 Å². The number of hydrogen-bond acceptors (Lipinski definition) is 5. The summed E-state index contributed by atoms with van der Waals surface area (Å²) in [6, 6.07) is 2.32. The lowest BCUT2D eigenvalue weighted by atomic mass is 9.94. The van der Waals surface area contributed by atoms with Crippen LogP contribution in [0.1, 0.15) is 66.2 Å². The molecule has 0 radical (unpaired) electrons. The summed E-state index contributed by atoms with van der Waals surface area (Å²) in [5.41, 5.74) is 2.02. The van der Waals surface area contributed by atoms with Crippen molar-refractivity contribution < 1.29 is 4.79 Å². The molecule has 0 unspecified atom stereocenters. The molecule has 0 bridgehead atoms. The summed E-state index contributed by atoms with van der Waals surface area (Å²) in [6.45, 7) is 3.87. The van der Waals surface area contributed by atoms with Gasteiger partial charge in [0.25, 0.3) is 11.5 Å². The highest BCUT2D eigenvalue weighted by molar-refractivity contribution is 8.01. The monoisotopic (exact) mass is 403 g/mol. The highest BCUT2D eigenvalue weighted by Crippen LogP contribution is 2.35. The molecule has 2 saturated carbocycles. The van der Waals surface area contributed by atoms with Gasteiger partial charge in [-0.15, -0.1) is 11.3 Å². The number of pyridine rings is 1. The number of carbonyl (C=O) groups excluding carboxylic acids is 1. The second-order valence-corrected chi connectivity index (χ2v) is 10.0. The van der Waals surface area contributed by atoms with Crippen molar-refractivity contribution >= 4 is 29.0 Å². The zero-order valence-electron chi connectivity index (χ0n) is 15.7. The van der Waals surface area contributed by atoms with Crippen LogP contribution in [0.25, 0.3) is 0 Å². The Hall–Kier alpha value is -1.60. The molecule has 2 aliphatic rings. The van der Waals surface area contributed by atoms with E-state index in [1.54, 1.807) is 15.9 Å². The number of nitrogens with zero attached hydrogens (tertiary/aromatic N) is 2. The summed E-state index contributed by atoms with van der Waals surface area (Å²) in [6.07, 6.45) is 7.93. The van der Waals surface area contributed by atoms with E-state index < -0.39 is 0 Å². The zero-order chi connectivity index (χ0) is 19.0. The van der Waals surface area contributed by atoms with E-state index in [1.165, 1.54) is 0 Å². The molecular weight excluding hydrogens is 378 g/mol. The molecule has 2 fully saturated rings. The van der Waals surface area contributed by atoms with Crippen molar-refractivity contribution in [3.63, 3.8) is 0 Å². The van der Waals surface area contributed by atoms with Crippen LogP contribution in [0.15, 0.2) is 26.8 Å². The lowest BCUT2D eigenvalue weighted by molar-refractivity contribution is 0.0925. The Kier molecular flexibility index (Phi) is 5.41. The Labute approximate surface area is 167 Å². The summed E-state index contributed by atoms with van der Waals surface area (Å²) in [5.74, 6) is -0.209. The Morgan fingerprint density at radius 3 is 2.59 bits per heavy atom. The molecule has 144 valence electrons. The van der Waals surface area contributed by atoms with Crippen LogP contribution >= 0.6 is 23.1 Å². The number of hydrogen-bond donors (Lipinski definition) is 1. The van der Waals surface area contributed by atoms with Crippen LogP contribution in [0.5, 0.6) is 0 Å². The van der Waals surface area contributed by atoms with Crippen molar-refractivity contribution in [3.8, 4) is 0 Å². The van der Waals surface area contributed by atoms with E-state index in [9.17, 15) is 9.59 Å². The number of thiazole rings is 1. The number of carbonyl (C=O) groups is 1. The standard InChI is InChI=1S/C20H25N3O2S2/c1-12-9-10-23(15-5-6-15)19(25)17(12)18(24)22-14-3-7-16(8-4-14)27-20-21-13(2)11-26-20/h9-11,14-16H,3-8H2,1-2H3,(H,22,24). The Morgan fingerprint density at radius 1 is 1.22 bits per heavy atom. The van der Waals surface area contributed by atoms with E-state index in [2.05, 4.69) is 15.7 Å².